The molecule has 0 bridgehead atoms. The van der Waals surface area contributed by atoms with Crippen molar-refractivity contribution in [1.82, 2.24) is 5.32 Å². The van der Waals surface area contributed by atoms with Gasteiger partial charge < -0.3 is 21.5 Å². The lowest BCUT2D eigenvalue weighted by atomic mass is 10.3. The van der Waals surface area contributed by atoms with Gasteiger partial charge in [0.2, 0.25) is 5.91 Å². The quantitative estimate of drug-likeness (QED) is 0.439. The van der Waals surface area contributed by atoms with Gasteiger partial charge in [0.15, 0.2) is 0 Å². The number of methoxy groups -OCH3 is 1. The van der Waals surface area contributed by atoms with Crippen LogP contribution in [0.25, 0.3) is 0 Å². The van der Waals surface area contributed by atoms with Crippen molar-refractivity contribution in [3.63, 3.8) is 0 Å². The van der Waals surface area contributed by atoms with Crippen LogP contribution in [-0.2, 0) is 9.53 Å². The number of hydrogen-bond donors (Lipinski definition) is 3. The Kier molecular flexibility index (Phi) is 7.57. The molecule has 0 spiro atoms. The summed E-state index contributed by atoms with van der Waals surface area (Å²) in [5.41, 5.74) is 10.6. The molecule has 0 aromatic heterocycles. The average Bonchev–Trinajstić information content (AvgIpc) is 2.14. The van der Waals surface area contributed by atoms with Crippen LogP contribution in [0.3, 0.4) is 0 Å². The maximum Gasteiger partial charge on any atom is 0.250 e. The van der Waals surface area contributed by atoms with Crippen molar-refractivity contribution in [3.05, 3.63) is 0 Å². The summed E-state index contributed by atoms with van der Waals surface area (Å²) in [6, 6.07) is 0. The number of unbranched alkanes of at least 4 members (excludes halogenated alkanes) is 1. The lowest BCUT2D eigenvalue weighted by molar-refractivity contribution is -0.130. The van der Waals surface area contributed by atoms with E-state index in [1.54, 1.807) is 0 Å². The molecular weight excluding hydrogens is 170 g/mol. The second kappa shape index (κ2) is 7.97. The molecule has 5 nitrogen and oxygen atoms in total. The minimum Gasteiger partial charge on any atom is -0.370 e. The predicted octanol–water partition coefficient (Wildman–Crippen LogP) is -1.18. The van der Waals surface area contributed by atoms with Crippen molar-refractivity contribution >= 4 is 5.91 Å². The van der Waals surface area contributed by atoms with Crippen molar-refractivity contribution < 1.29 is 9.53 Å². The molecule has 0 saturated heterocycles. The molecule has 0 radical (unpaired) electrons. The SMILES string of the molecule is COC(CN)C(=O)NCCCCN. The number of ether oxygens (including phenoxy) is 1. The van der Waals surface area contributed by atoms with Crippen molar-refractivity contribution in [2.45, 2.75) is 18.9 Å². The van der Waals surface area contributed by atoms with Crippen LogP contribution in [-0.4, -0.2) is 38.8 Å². The Hall–Kier alpha value is -0.650. The first kappa shape index (κ1) is 12.3. The smallest absolute Gasteiger partial charge is 0.250 e. The molecule has 5 N–H and O–H groups in total. The topological polar surface area (TPSA) is 90.4 Å². The summed E-state index contributed by atoms with van der Waals surface area (Å²) in [5.74, 6) is -0.151. The van der Waals surface area contributed by atoms with Gasteiger partial charge in [0, 0.05) is 20.2 Å². The molecule has 0 aliphatic heterocycles. The van der Waals surface area contributed by atoms with Crippen LogP contribution in [0.5, 0.6) is 0 Å². The molecule has 78 valence electrons. The minimum atomic E-state index is -0.530. The van der Waals surface area contributed by atoms with E-state index in [9.17, 15) is 4.79 Å². The van der Waals surface area contributed by atoms with Crippen molar-refractivity contribution in [2.24, 2.45) is 11.5 Å². The van der Waals surface area contributed by atoms with Crippen LogP contribution >= 0.6 is 0 Å². The molecule has 0 fully saturated rings. The second-order valence-corrected chi connectivity index (χ2v) is 2.75. The monoisotopic (exact) mass is 189 g/mol. The standard InChI is InChI=1S/C8H19N3O2/c1-13-7(6-10)8(12)11-5-3-2-4-9/h7H,2-6,9-10H2,1H3,(H,11,12). The maximum absolute atomic E-state index is 11.2. The summed E-state index contributed by atoms with van der Waals surface area (Å²) in [7, 11) is 1.47. The highest BCUT2D eigenvalue weighted by Gasteiger charge is 2.13. The van der Waals surface area contributed by atoms with Gasteiger partial charge in [-0.3, -0.25) is 4.79 Å². The Morgan fingerprint density at radius 1 is 1.46 bits per heavy atom. The van der Waals surface area contributed by atoms with Crippen LogP contribution in [0.4, 0.5) is 0 Å². The van der Waals surface area contributed by atoms with E-state index < -0.39 is 6.10 Å². The van der Waals surface area contributed by atoms with Crippen LogP contribution in [0.15, 0.2) is 0 Å². The average molecular weight is 189 g/mol. The van der Waals surface area contributed by atoms with Gasteiger partial charge in [-0.2, -0.15) is 0 Å². The number of nitrogens with two attached hydrogens (primary N) is 2. The molecule has 0 aliphatic carbocycles. The molecule has 0 aromatic carbocycles. The lowest BCUT2D eigenvalue weighted by Gasteiger charge is -2.12. The Labute approximate surface area is 78.8 Å². The molecule has 0 aromatic rings. The van der Waals surface area contributed by atoms with E-state index in [4.69, 9.17) is 16.2 Å². The molecule has 1 atom stereocenters. The Morgan fingerprint density at radius 2 is 2.15 bits per heavy atom. The summed E-state index contributed by atoms with van der Waals surface area (Å²) in [6.07, 6.45) is 1.28. The molecule has 0 saturated carbocycles. The number of carbonyl (C=O) groups excluding carboxylic acids is 1. The van der Waals surface area contributed by atoms with Gasteiger partial charge >= 0.3 is 0 Å². The van der Waals surface area contributed by atoms with Crippen LogP contribution in [0, 0.1) is 0 Å². The molecule has 0 rings (SSSR count). The summed E-state index contributed by atoms with van der Waals surface area (Å²) >= 11 is 0. The zero-order valence-corrected chi connectivity index (χ0v) is 8.08. The van der Waals surface area contributed by atoms with E-state index in [-0.39, 0.29) is 12.5 Å². The van der Waals surface area contributed by atoms with E-state index in [0.717, 1.165) is 12.8 Å². The van der Waals surface area contributed by atoms with Gasteiger partial charge in [0.05, 0.1) is 0 Å². The van der Waals surface area contributed by atoms with Crippen molar-refractivity contribution in [2.75, 3.05) is 26.7 Å². The molecule has 0 aliphatic rings. The van der Waals surface area contributed by atoms with Gasteiger partial charge in [-0.05, 0) is 19.4 Å². The summed E-state index contributed by atoms with van der Waals surface area (Å²) in [6.45, 7) is 1.50. The fourth-order valence-electron chi connectivity index (χ4n) is 0.905. The van der Waals surface area contributed by atoms with E-state index in [1.807, 2.05) is 0 Å². The third-order valence-electron chi connectivity index (χ3n) is 1.72. The van der Waals surface area contributed by atoms with E-state index in [0.29, 0.717) is 13.1 Å². The Bertz CT molecular complexity index is 137. The molecule has 13 heavy (non-hydrogen) atoms. The summed E-state index contributed by atoms with van der Waals surface area (Å²) < 4.78 is 4.86. The van der Waals surface area contributed by atoms with Crippen molar-refractivity contribution in [3.8, 4) is 0 Å². The summed E-state index contributed by atoms with van der Waals surface area (Å²) in [4.78, 5) is 11.2. The van der Waals surface area contributed by atoms with Crippen LogP contribution in [0.2, 0.25) is 0 Å². The minimum absolute atomic E-state index is 0.151. The number of carbonyl (C=O) groups is 1. The zero-order valence-electron chi connectivity index (χ0n) is 8.08. The third kappa shape index (κ3) is 5.57. The zero-order chi connectivity index (χ0) is 10.1. The highest BCUT2D eigenvalue weighted by atomic mass is 16.5. The first-order valence-electron chi connectivity index (χ1n) is 4.47. The highest BCUT2D eigenvalue weighted by molar-refractivity contribution is 5.80. The summed E-state index contributed by atoms with van der Waals surface area (Å²) in [5, 5.41) is 2.72. The number of rotatable bonds is 7. The fraction of sp³-hybridized carbons (Fsp3) is 0.875. The van der Waals surface area contributed by atoms with Gasteiger partial charge in [-0.25, -0.2) is 0 Å². The maximum atomic E-state index is 11.2. The molecule has 0 heterocycles. The van der Waals surface area contributed by atoms with E-state index >= 15 is 0 Å². The van der Waals surface area contributed by atoms with Gasteiger partial charge in [0.25, 0.3) is 0 Å². The Morgan fingerprint density at radius 3 is 2.62 bits per heavy atom. The molecule has 1 amide bonds. The van der Waals surface area contributed by atoms with Crippen LogP contribution in [0.1, 0.15) is 12.8 Å². The first-order valence-corrected chi connectivity index (χ1v) is 4.47. The van der Waals surface area contributed by atoms with Gasteiger partial charge in [0.1, 0.15) is 6.10 Å². The molecule has 5 heteroatoms. The van der Waals surface area contributed by atoms with Gasteiger partial charge in [-0.15, -0.1) is 0 Å². The Balaban J connectivity index is 3.48. The number of amides is 1. The van der Waals surface area contributed by atoms with Crippen molar-refractivity contribution in [1.29, 1.82) is 0 Å². The van der Waals surface area contributed by atoms with E-state index in [1.165, 1.54) is 7.11 Å². The largest absolute Gasteiger partial charge is 0.370 e. The van der Waals surface area contributed by atoms with Gasteiger partial charge in [-0.1, -0.05) is 0 Å². The second-order valence-electron chi connectivity index (χ2n) is 2.75. The molecular formula is C8H19N3O2. The lowest BCUT2D eigenvalue weighted by Crippen LogP contribution is -2.40. The predicted molar refractivity (Wildman–Crippen MR) is 51.1 cm³/mol. The fourth-order valence-corrected chi connectivity index (χ4v) is 0.905. The van der Waals surface area contributed by atoms with Crippen LogP contribution < -0.4 is 16.8 Å². The molecule has 1 unspecified atom stereocenters. The first-order chi connectivity index (χ1) is 6.26. The van der Waals surface area contributed by atoms with E-state index in [2.05, 4.69) is 5.32 Å². The number of nitrogens with one attached hydrogen (secondary N) is 1. The highest BCUT2D eigenvalue weighted by Crippen LogP contribution is 1.88. The normalized spacial score (nSPS) is 12.5. The number of hydrogen-bond acceptors (Lipinski definition) is 4. The third-order valence-corrected chi connectivity index (χ3v) is 1.72.